The van der Waals surface area contributed by atoms with Gasteiger partial charge in [0, 0.05) is 0 Å². The first-order chi connectivity index (χ1) is 48.6. The van der Waals surface area contributed by atoms with Crippen molar-refractivity contribution in [3.63, 3.8) is 0 Å². The lowest BCUT2D eigenvalue weighted by molar-refractivity contribution is 0.0356. The summed E-state index contributed by atoms with van der Waals surface area (Å²) in [4.78, 5) is 0. The standard InChI is InChI=1S/C14H26.3C12H22.C12H20.2C11H20.C11H18.C10H18/c1-14(2,3)13-9-7-11-5-4-6-12(11)8-10-13;2*1-12(2,3)11-7-6-9-4-5-10(9)8-11;2*1-12(2,3)11-7-9-5-4-6-10(9)8-11;1-11(2,3)10-5-4-8-6-9(8)7-10;2*1-11(2,3)10-6-8-4-5-9(8)7-10;1-10(2,3)9-5-7-4-8(7)6-9/h11-13H,4-10H2,1-3H3;3*9-11H,4-8H2,1-3H3;11H,4-8H2,1-3H3;2*8-10H,4-7H2,1-3H3;6,9-10H,4-5,7H2,1-3H3;7-9H,4-6H2,1-3H3. The van der Waals surface area contributed by atoms with Crippen LogP contribution in [-0.2, 0) is 0 Å². The lowest BCUT2D eigenvalue weighted by Crippen LogP contribution is -2.37. The monoisotopic (exact) mass is 1450 g/mol. The molecule has 0 bridgehead atoms. The molecule has 608 valence electrons. The highest BCUT2D eigenvalue weighted by Gasteiger charge is 2.50. The van der Waals surface area contributed by atoms with Gasteiger partial charge in [-0.1, -0.05) is 248 Å². The van der Waals surface area contributed by atoms with E-state index in [1.54, 1.807) is 44.1 Å². The van der Waals surface area contributed by atoms with Crippen LogP contribution in [0.15, 0.2) is 22.8 Å². The number of rotatable bonds is 0. The molecule has 0 saturated heterocycles. The molecule has 0 aliphatic heterocycles. The second kappa shape index (κ2) is 34.9. The van der Waals surface area contributed by atoms with Gasteiger partial charge in [0.1, 0.15) is 0 Å². The number of hydrogen-bond donors (Lipinski definition) is 0. The summed E-state index contributed by atoms with van der Waals surface area (Å²) in [5.74, 6) is 25.8. The molecular weight excluding hydrogens is 1260 g/mol. The summed E-state index contributed by atoms with van der Waals surface area (Å²) in [6.07, 6.45) is 64.6. The molecule has 0 N–H and O–H groups in total. The third kappa shape index (κ3) is 24.5. The minimum Gasteiger partial charge on any atom is -0.0814 e. The molecule has 18 aliphatic carbocycles. The van der Waals surface area contributed by atoms with Crippen LogP contribution in [0.4, 0.5) is 0 Å². The Hall–Kier alpha value is -0.520. The minimum atomic E-state index is 0.504. The van der Waals surface area contributed by atoms with Crippen LogP contribution in [0.2, 0.25) is 0 Å². The summed E-state index contributed by atoms with van der Waals surface area (Å²) in [7, 11) is 0. The van der Waals surface area contributed by atoms with Gasteiger partial charge in [-0.2, -0.15) is 0 Å². The molecule has 15 saturated carbocycles. The fraction of sp³-hybridized carbons (Fsp3) is 0.962. The van der Waals surface area contributed by atoms with Gasteiger partial charge in [-0.3, -0.25) is 0 Å². The van der Waals surface area contributed by atoms with E-state index < -0.39 is 0 Å². The van der Waals surface area contributed by atoms with Gasteiger partial charge in [0.25, 0.3) is 0 Å². The first-order valence-electron chi connectivity index (χ1n) is 48.0. The van der Waals surface area contributed by atoms with E-state index in [2.05, 4.69) is 193 Å². The summed E-state index contributed by atoms with van der Waals surface area (Å²) in [5.41, 5.74) is 10.5. The van der Waals surface area contributed by atoms with Crippen LogP contribution in [0.3, 0.4) is 0 Å². The largest absolute Gasteiger partial charge is 0.0814 e. The maximum absolute atomic E-state index is 2.55. The quantitative estimate of drug-likeness (QED) is 0.212. The zero-order valence-corrected chi connectivity index (χ0v) is 76.4. The Balaban J connectivity index is 0.000000127. The molecule has 0 nitrogen and oxygen atoms in total. The van der Waals surface area contributed by atoms with Crippen LogP contribution >= 0.6 is 0 Å². The van der Waals surface area contributed by atoms with Crippen molar-refractivity contribution in [1.82, 2.24) is 0 Å². The van der Waals surface area contributed by atoms with E-state index in [0.29, 0.717) is 48.7 Å². The maximum atomic E-state index is 2.55. The van der Waals surface area contributed by atoms with Crippen molar-refractivity contribution >= 4 is 0 Å². The van der Waals surface area contributed by atoms with E-state index in [4.69, 9.17) is 0 Å². The van der Waals surface area contributed by atoms with E-state index >= 15 is 0 Å². The third-order valence-corrected chi connectivity index (χ3v) is 35.8. The fourth-order valence-corrected chi connectivity index (χ4v) is 25.7. The second-order valence-electron chi connectivity index (χ2n) is 51.9. The molecule has 19 unspecified atom stereocenters. The van der Waals surface area contributed by atoms with Crippen molar-refractivity contribution in [1.29, 1.82) is 0 Å². The number of allylic oxidation sites excluding steroid dienone is 4. The van der Waals surface area contributed by atoms with Crippen molar-refractivity contribution in [2.24, 2.45) is 191 Å². The molecule has 18 rings (SSSR count). The zero-order chi connectivity index (χ0) is 76.8. The lowest BCUT2D eigenvalue weighted by Gasteiger charge is -2.47. The summed E-state index contributed by atoms with van der Waals surface area (Å²) in [6.45, 7) is 64.9. The molecular formula is C105H188. The Bertz CT molecular complexity index is 2550. The Labute approximate surface area is 659 Å². The molecule has 0 spiro atoms. The van der Waals surface area contributed by atoms with Crippen LogP contribution in [0.1, 0.15) is 450 Å². The van der Waals surface area contributed by atoms with Gasteiger partial charge in [0.2, 0.25) is 0 Å². The molecule has 105 heavy (non-hydrogen) atoms. The lowest BCUT2D eigenvalue weighted by atomic mass is 9.58. The predicted octanol–water partition coefficient (Wildman–Crippen LogP) is 33.5. The van der Waals surface area contributed by atoms with E-state index in [0.717, 1.165) is 142 Å². The highest BCUT2D eigenvalue weighted by atomic mass is 14.6. The van der Waals surface area contributed by atoms with Crippen molar-refractivity contribution in [3.05, 3.63) is 22.8 Å². The van der Waals surface area contributed by atoms with Gasteiger partial charge in [-0.25, -0.2) is 0 Å². The maximum Gasteiger partial charge on any atom is -0.0176 e. The Kier molecular flexibility index (Phi) is 28.9. The van der Waals surface area contributed by atoms with Crippen LogP contribution in [0.25, 0.3) is 0 Å². The Morgan fingerprint density at radius 2 is 0.438 bits per heavy atom. The van der Waals surface area contributed by atoms with Gasteiger partial charge in [0.15, 0.2) is 0 Å². The fourth-order valence-electron chi connectivity index (χ4n) is 25.7. The molecule has 0 heterocycles. The van der Waals surface area contributed by atoms with Crippen molar-refractivity contribution < 1.29 is 0 Å². The van der Waals surface area contributed by atoms with Gasteiger partial charge in [-0.05, 0) is 415 Å². The van der Waals surface area contributed by atoms with Crippen molar-refractivity contribution in [3.8, 4) is 0 Å². The Morgan fingerprint density at radius 3 is 0.724 bits per heavy atom. The van der Waals surface area contributed by atoms with Crippen LogP contribution < -0.4 is 0 Å². The molecule has 0 aromatic carbocycles. The summed E-state index contributed by atoms with van der Waals surface area (Å²) >= 11 is 0. The van der Waals surface area contributed by atoms with Gasteiger partial charge in [-0.15, -0.1) is 0 Å². The first kappa shape index (κ1) is 86.9. The zero-order valence-electron chi connectivity index (χ0n) is 76.4. The molecule has 0 amide bonds. The van der Waals surface area contributed by atoms with E-state index in [-0.39, 0.29) is 0 Å². The van der Waals surface area contributed by atoms with E-state index in [9.17, 15) is 0 Å². The number of fused-ring (bicyclic) bond motifs is 8. The Morgan fingerprint density at radius 1 is 0.190 bits per heavy atom. The van der Waals surface area contributed by atoms with Crippen LogP contribution in [0.5, 0.6) is 0 Å². The molecule has 19 atom stereocenters. The van der Waals surface area contributed by atoms with Crippen LogP contribution in [0, 0.1) is 191 Å². The van der Waals surface area contributed by atoms with E-state index in [1.165, 1.54) is 225 Å². The second-order valence-corrected chi connectivity index (χ2v) is 51.9. The summed E-state index contributed by atoms with van der Waals surface area (Å²) in [5, 5.41) is 0. The molecule has 0 aromatic heterocycles. The summed E-state index contributed by atoms with van der Waals surface area (Å²) < 4.78 is 0. The van der Waals surface area contributed by atoms with E-state index in [1.807, 2.05) is 11.1 Å². The van der Waals surface area contributed by atoms with Crippen molar-refractivity contribution in [2.75, 3.05) is 0 Å². The topological polar surface area (TPSA) is 0 Å². The molecule has 0 aromatic rings. The predicted molar refractivity (Wildman–Crippen MR) is 463 cm³/mol. The highest BCUT2D eigenvalue weighted by molar-refractivity contribution is 5.26. The molecule has 0 radical (unpaired) electrons. The van der Waals surface area contributed by atoms with Gasteiger partial charge >= 0.3 is 0 Å². The summed E-state index contributed by atoms with van der Waals surface area (Å²) in [6, 6.07) is 0. The van der Waals surface area contributed by atoms with Gasteiger partial charge in [0.05, 0.1) is 0 Å². The minimum absolute atomic E-state index is 0.504. The first-order valence-corrected chi connectivity index (χ1v) is 48.0. The average molecular weight is 1450 g/mol. The van der Waals surface area contributed by atoms with Gasteiger partial charge < -0.3 is 0 Å². The smallest absolute Gasteiger partial charge is 0.0176 e. The van der Waals surface area contributed by atoms with Crippen molar-refractivity contribution in [2.45, 2.75) is 450 Å². The molecule has 0 heteroatoms. The SMILES string of the molecule is CC(C)(C)C1C=C2CCC2C1.CC(C)(C)C1CC2=C(CCC2)C1.CC(C)(C)C1CC2CC2C1.CC(C)(C)C1CC2CCC2C1.CC(C)(C)C1CC2CCCC2C1.CC(C)(C)C1CCC2CC2C1.CC(C)(C)C1CCC2CCC2C1.CC(C)(C)C1CCC2CCC2C1.CC(C)(C)C1CCC2CCCC2CC1. The third-order valence-electron chi connectivity index (χ3n) is 35.8. The molecule has 18 aliphatic rings. The normalized spacial score (nSPS) is 39.6. The molecule has 15 fully saturated rings. The van der Waals surface area contributed by atoms with Crippen LogP contribution in [-0.4, -0.2) is 0 Å². The number of hydrogen-bond acceptors (Lipinski definition) is 0. The average Bonchev–Trinajstić information content (AvgIpc) is 1.31. The highest BCUT2D eigenvalue weighted by Crippen LogP contribution is 2.61.